The quantitative estimate of drug-likeness (QED) is 0.813. The number of thiocarbonyl (C=S) groups is 1. The number of anilines is 1. The third-order valence-electron chi connectivity index (χ3n) is 3.83. The highest BCUT2D eigenvalue weighted by atomic mass is 32.2. The molecule has 0 aromatic heterocycles. The predicted octanol–water partition coefficient (Wildman–Crippen LogP) is 0.564. The van der Waals surface area contributed by atoms with E-state index in [1.165, 1.54) is 0 Å². The van der Waals surface area contributed by atoms with Gasteiger partial charge in [0.1, 0.15) is 11.5 Å². The van der Waals surface area contributed by atoms with Gasteiger partial charge < -0.3 is 19.7 Å². The number of hydrogen-bond donors (Lipinski definition) is 1. The molecule has 2 aliphatic rings. The molecular formula is C13H16N2O4S2. The molecule has 2 aliphatic heterocycles. The van der Waals surface area contributed by atoms with Crippen LogP contribution >= 0.6 is 12.2 Å². The third kappa shape index (κ3) is 2.42. The Morgan fingerprint density at radius 2 is 2.05 bits per heavy atom. The van der Waals surface area contributed by atoms with Gasteiger partial charge in [-0.05, 0) is 24.4 Å². The summed E-state index contributed by atoms with van der Waals surface area (Å²) in [5.74, 6) is 1.49. The van der Waals surface area contributed by atoms with Crippen LogP contribution in [0, 0.1) is 0 Å². The standard InChI is InChI=1S/C13H16N2O4S2/c1-18-8-3-4-10(12(5-8)19-2)15-11-7-21(16,17)6-9(11)14-13(15)20/h3-5,9,11H,6-7H2,1-2H3,(H,14,20)/t9-,11-/m1/s1. The zero-order valence-corrected chi connectivity index (χ0v) is 13.3. The van der Waals surface area contributed by atoms with E-state index in [4.69, 9.17) is 21.7 Å². The van der Waals surface area contributed by atoms with E-state index in [1.807, 2.05) is 11.0 Å². The summed E-state index contributed by atoms with van der Waals surface area (Å²) in [5.41, 5.74) is 0.750. The van der Waals surface area contributed by atoms with E-state index >= 15 is 0 Å². The highest BCUT2D eigenvalue weighted by molar-refractivity contribution is 7.91. The van der Waals surface area contributed by atoms with Crippen molar-refractivity contribution in [1.29, 1.82) is 0 Å². The molecule has 0 saturated carbocycles. The fourth-order valence-corrected chi connectivity index (χ4v) is 5.15. The number of methoxy groups -OCH3 is 2. The summed E-state index contributed by atoms with van der Waals surface area (Å²) in [6.07, 6.45) is 0. The number of nitrogens with zero attached hydrogens (tertiary/aromatic N) is 1. The van der Waals surface area contributed by atoms with Crippen LogP contribution in [0.4, 0.5) is 5.69 Å². The molecule has 3 rings (SSSR count). The highest BCUT2D eigenvalue weighted by Crippen LogP contribution is 2.37. The van der Waals surface area contributed by atoms with E-state index in [9.17, 15) is 8.42 Å². The topological polar surface area (TPSA) is 67.9 Å². The van der Waals surface area contributed by atoms with E-state index in [0.29, 0.717) is 16.6 Å². The highest BCUT2D eigenvalue weighted by Gasteiger charge is 2.48. The van der Waals surface area contributed by atoms with Gasteiger partial charge in [-0.15, -0.1) is 0 Å². The van der Waals surface area contributed by atoms with Crippen molar-refractivity contribution in [2.24, 2.45) is 0 Å². The van der Waals surface area contributed by atoms with E-state index in [-0.39, 0.29) is 23.6 Å². The van der Waals surface area contributed by atoms with Crippen LogP contribution < -0.4 is 19.7 Å². The lowest BCUT2D eigenvalue weighted by Gasteiger charge is -2.25. The summed E-state index contributed by atoms with van der Waals surface area (Å²) >= 11 is 5.35. The SMILES string of the molecule is COc1ccc(N2C(=S)N[C@@H]3CS(=O)(=O)C[C@H]32)c(OC)c1. The molecular weight excluding hydrogens is 312 g/mol. The summed E-state index contributed by atoms with van der Waals surface area (Å²) < 4.78 is 34.2. The first-order chi connectivity index (χ1) is 9.95. The molecule has 0 radical (unpaired) electrons. The minimum absolute atomic E-state index is 0.0972. The van der Waals surface area contributed by atoms with Gasteiger partial charge in [-0.1, -0.05) is 0 Å². The first-order valence-electron chi connectivity index (χ1n) is 6.47. The average molecular weight is 328 g/mol. The van der Waals surface area contributed by atoms with Crippen LogP contribution in [0.25, 0.3) is 0 Å². The molecule has 0 spiro atoms. The van der Waals surface area contributed by atoms with Crippen LogP contribution in [-0.2, 0) is 9.84 Å². The molecule has 0 aliphatic carbocycles. The predicted molar refractivity (Wildman–Crippen MR) is 84.0 cm³/mol. The number of rotatable bonds is 3. The van der Waals surface area contributed by atoms with Crippen molar-refractivity contribution in [3.8, 4) is 11.5 Å². The van der Waals surface area contributed by atoms with Gasteiger partial charge in [0, 0.05) is 6.07 Å². The number of fused-ring (bicyclic) bond motifs is 1. The molecule has 114 valence electrons. The molecule has 2 heterocycles. The second kappa shape index (κ2) is 5.03. The second-order valence-corrected chi connectivity index (χ2v) is 7.65. The van der Waals surface area contributed by atoms with Gasteiger partial charge >= 0.3 is 0 Å². The lowest BCUT2D eigenvalue weighted by Crippen LogP contribution is -2.37. The first-order valence-corrected chi connectivity index (χ1v) is 8.70. The van der Waals surface area contributed by atoms with Crippen LogP contribution in [0.1, 0.15) is 0 Å². The Morgan fingerprint density at radius 1 is 1.29 bits per heavy atom. The summed E-state index contributed by atoms with van der Waals surface area (Å²) in [5, 5.41) is 3.62. The Bertz CT molecular complexity index is 689. The third-order valence-corrected chi connectivity index (χ3v) is 5.86. The summed E-state index contributed by atoms with van der Waals surface area (Å²) in [4.78, 5) is 1.84. The second-order valence-electron chi connectivity index (χ2n) is 5.11. The molecule has 1 N–H and O–H groups in total. The molecule has 0 bridgehead atoms. The number of benzene rings is 1. The smallest absolute Gasteiger partial charge is 0.174 e. The molecule has 2 fully saturated rings. The first kappa shape index (κ1) is 14.4. The van der Waals surface area contributed by atoms with Crippen LogP contribution in [-0.4, -0.2) is 51.3 Å². The fraction of sp³-hybridized carbons (Fsp3) is 0.462. The molecule has 1 aromatic rings. The van der Waals surface area contributed by atoms with Crippen molar-refractivity contribution >= 4 is 32.9 Å². The Balaban J connectivity index is 2.01. The minimum Gasteiger partial charge on any atom is -0.497 e. The minimum atomic E-state index is -3.03. The zero-order chi connectivity index (χ0) is 15.2. The Kier molecular flexibility index (Phi) is 3.45. The molecule has 0 amide bonds. The normalized spacial score (nSPS) is 26.4. The van der Waals surface area contributed by atoms with E-state index in [1.54, 1.807) is 26.4 Å². The van der Waals surface area contributed by atoms with Gasteiger partial charge in [-0.25, -0.2) is 8.42 Å². The van der Waals surface area contributed by atoms with Crippen molar-refractivity contribution in [2.75, 3.05) is 30.6 Å². The van der Waals surface area contributed by atoms with Crippen molar-refractivity contribution in [2.45, 2.75) is 12.1 Å². The lowest BCUT2D eigenvalue weighted by atomic mass is 10.1. The lowest BCUT2D eigenvalue weighted by molar-refractivity contribution is 0.394. The van der Waals surface area contributed by atoms with Crippen molar-refractivity contribution in [3.63, 3.8) is 0 Å². The molecule has 2 atom stereocenters. The maximum atomic E-state index is 11.8. The number of ether oxygens (including phenoxy) is 2. The number of nitrogens with one attached hydrogen (secondary N) is 1. The molecule has 1 aromatic carbocycles. The van der Waals surface area contributed by atoms with E-state index in [0.717, 1.165) is 5.69 Å². The Morgan fingerprint density at radius 3 is 2.71 bits per heavy atom. The van der Waals surface area contributed by atoms with Crippen LogP contribution in [0.15, 0.2) is 18.2 Å². The zero-order valence-electron chi connectivity index (χ0n) is 11.7. The van der Waals surface area contributed by atoms with Crippen LogP contribution in [0.2, 0.25) is 0 Å². The molecule has 0 unspecified atom stereocenters. The molecule has 6 nitrogen and oxygen atoms in total. The van der Waals surface area contributed by atoms with Crippen molar-refractivity contribution < 1.29 is 17.9 Å². The van der Waals surface area contributed by atoms with Gasteiger partial charge in [0.25, 0.3) is 0 Å². The van der Waals surface area contributed by atoms with Crippen molar-refractivity contribution in [3.05, 3.63) is 18.2 Å². The summed E-state index contributed by atoms with van der Waals surface area (Å²) in [6.45, 7) is 0. The maximum Gasteiger partial charge on any atom is 0.174 e. The van der Waals surface area contributed by atoms with Crippen LogP contribution in [0.5, 0.6) is 11.5 Å². The number of sulfone groups is 1. The van der Waals surface area contributed by atoms with Gasteiger partial charge in [0.15, 0.2) is 14.9 Å². The van der Waals surface area contributed by atoms with E-state index < -0.39 is 9.84 Å². The maximum absolute atomic E-state index is 11.8. The van der Waals surface area contributed by atoms with Gasteiger partial charge in [0.2, 0.25) is 0 Å². The monoisotopic (exact) mass is 328 g/mol. The van der Waals surface area contributed by atoms with Crippen molar-refractivity contribution in [1.82, 2.24) is 5.32 Å². The summed E-state index contributed by atoms with van der Waals surface area (Å²) in [6, 6.07) is 5.05. The van der Waals surface area contributed by atoms with E-state index in [2.05, 4.69) is 5.32 Å². The largest absolute Gasteiger partial charge is 0.497 e. The molecule has 8 heteroatoms. The Labute approximate surface area is 128 Å². The Hall–Kier alpha value is -1.54. The van der Waals surface area contributed by atoms with Gasteiger partial charge in [0.05, 0.1) is 43.5 Å². The van der Waals surface area contributed by atoms with Gasteiger partial charge in [-0.2, -0.15) is 0 Å². The molecule has 21 heavy (non-hydrogen) atoms. The summed E-state index contributed by atoms with van der Waals surface area (Å²) in [7, 11) is 0.111. The number of hydrogen-bond acceptors (Lipinski definition) is 5. The molecule has 2 saturated heterocycles. The van der Waals surface area contributed by atoms with Gasteiger partial charge in [-0.3, -0.25) is 0 Å². The fourth-order valence-electron chi connectivity index (χ4n) is 2.87. The van der Waals surface area contributed by atoms with Crippen LogP contribution in [0.3, 0.4) is 0 Å². The average Bonchev–Trinajstić information content (AvgIpc) is 2.88.